The molecule has 3 fully saturated rings. The van der Waals surface area contributed by atoms with Crippen LogP contribution in [-0.2, 0) is 28.4 Å². The van der Waals surface area contributed by atoms with Gasteiger partial charge in [0.15, 0.2) is 18.0 Å². The molecule has 10 heteroatoms. The van der Waals surface area contributed by atoms with Crippen molar-refractivity contribution in [1.29, 1.82) is 0 Å². The molecule has 0 bridgehead atoms. The zero-order chi connectivity index (χ0) is 28.0. The molecule has 4 atom stereocenters. The number of nitrogens with one attached hydrogen (secondary N) is 2. The lowest BCUT2D eigenvalue weighted by atomic mass is 10.1. The van der Waals surface area contributed by atoms with Gasteiger partial charge in [-0.2, -0.15) is 0 Å². The SMILES string of the molecule is CCCCCCCCCCCCOC[C@@]12O[C@@H](CNCCN3CCOCC3)[C@@H](OC(=O)NC)[C@@H]1OC(C)(C)O2. The number of hydrogen-bond acceptors (Lipinski definition) is 9. The van der Waals surface area contributed by atoms with Gasteiger partial charge in [-0.25, -0.2) is 4.79 Å². The van der Waals surface area contributed by atoms with Crippen molar-refractivity contribution in [3.63, 3.8) is 0 Å². The Morgan fingerprint density at radius 3 is 2.31 bits per heavy atom. The summed E-state index contributed by atoms with van der Waals surface area (Å²) in [6.45, 7) is 12.5. The fraction of sp³-hybridized carbons (Fsp3) is 0.966. The molecule has 0 aromatic rings. The number of amides is 1. The summed E-state index contributed by atoms with van der Waals surface area (Å²) in [4.78, 5) is 14.6. The van der Waals surface area contributed by atoms with Gasteiger partial charge in [0.2, 0.25) is 5.79 Å². The molecule has 0 aromatic carbocycles. The first-order valence-electron chi connectivity index (χ1n) is 15.4. The molecule has 0 spiro atoms. The van der Waals surface area contributed by atoms with E-state index in [1.807, 2.05) is 13.8 Å². The number of unbranched alkanes of at least 4 members (excludes halogenated alkanes) is 9. The minimum Gasteiger partial charge on any atom is -0.440 e. The summed E-state index contributed by atoms with van der Waals surface area (Å²) in [6, 6.07) is 0. The second-order valence-corrected chi connectivity index (χ2v) is 11.5. The van der Waals surface area contributed by atoms with Gasteiger partial charge in [-0.3, -0.25) is 4.90 Å². The van der Waals surface area contributed by atoms with Crippen molar-refractivity contribution in [3.05, 3.63) is 0 Å². The van der Waals surface area contributed by atoms with Crippen molar-refractivity contribution in [3.8, 4) is 0 Å². The highest BCUT2D eigenvalue weighted by Crippen LogP contribution is 2.46. The van der Waals surface area contributed by atoms with Gasteiger partial charge < -0.3 is 39.1 Å². The summed E-state index contributed by atoms with van der Waals surface area (Å²) in [5.41, 5.74) is 0. The number of carbonyl (C=O) groups excluding carboxylic acids is 1. The second-order valence-electron chi connectivity index (χ2n) is 11.5. The third-order valence-electron chi connectivity index (χ3n) is 7.73. The molecule has 3 rings (SSSR count). The Labute approximate surface area is 236 Å². The van der Waals surface area contributed by atoms with Crippen molar-refractivity contribution in [1.82, 2.24) is 15.5 Å². The van der Waals surface area contributed by atoms with Gasteiger partial charge in [-0.15, -0.1) is 0 Å². The summed E-state index contributed by atoms with van der Waals surface area (Å²) in [7, 11) is 1.55. The van der Waals surface area contributed by atoms with E-state index in [0.717, 1.165) is 52.2 Å². The Kier molecular flexibility index (Phi) is 14.2. The lowest BCUT2D eigenvalue weighted by molar-refractivity contribution is -0.277. The summed E-state index contributed by atoms with van der Waals surface area (Å²) < 4.78 is 36.3. The fourth-order valence-corrected chi connectivity index (χ4v) is 5.66. The molecule has 0 aliphatic carbocycles. The van der Waals surface area contributed by atoms with Crippen LogP contribution in [0.5, 0.6) is 0 Å². The smallest absolute Gasteiger partial charge is 0.407 e. The molecule has 1 amide bonds. The lowest BCUT2D eigenvalue weighted by Gasteiger charge is -2.29. The van der Waals surface area contributed by atoms with Crippen LogP contribution in [0.4, 0.5) is 4.79 Å². The van der Waals surface area contributed by atoms with Crippen molar-refractivity contribution in [2.24, 2.45) is 0 Å². The molecule has 10 nitrogen and oxygen atoms in total. The minimum atomic E-state index is -1.11. The van der Waals surface area contributed by atoms with Crippen molar-refractivity contribution < 1.29 is 33.2 Å². The van der Waals surface area contributed by atoms with Gasteiger partial charge >= 0.3 is 6.09 Å². The lowest BCUT2D eigenvalue weighted by Crippen LogP contribution is -2.47. The zero-order valence-electron chi connectivity index (χ0n) is 25.0. The first-order valence-corrected chi connectivity index (χ1v) is 15.4. The first kappa shape index (κ1) is 32.5. The van der Waals surface area contributed by atoms with Crippen LogP contribution in [0.1, 0.15) is 85.0 Å². The predicted molar refractivity (Wildman–Crippen MR) is 150 cm³/mol. The standard InChI is InChI=1S/C29H55N3O7/c1-5-6-7-8-9-10-11-12-13-14-19-35-23-29-26(38-28(2,3)39-29)25(36-27(33)30-4)24(37-29)22-31-15-16-32-17-20-34-21-18-32/h24-26,31H,5-23H2,1-4H3,(H,30,33)/t24-,25+,26-,29-/m0/s1. The zero-order valence-corrected chi connectivity index (χ0v) is 25.0. The van der Waals surface area contributed by atoms with Gasteiger partial charge in [0.25, 0.3) is 0 Å². The molecule has 2 N–H and O–H groups in total. The van der Waals surface area contributed by atoms with E-state index >= 15 is 0 Å². The molecule has 228 valence electrons. The van der Waals surface area contributed by atoms with Crippen LogP contribution in [0.25, 0.3) is 0 Å². The van der Waals surface area contributed by atoms with Crippen LogP contribution in [0.3, 0.4) is 0 Å². The largest absolute Gasteiger partial charge is 0.440 e. The number of alkyl carbamates (subject to hydrolysis) is 1. The van der Waals surface area contributed by atoms with Crippen molar-refractivity contribution in [2.75, 3.05) is 66.2 Å². The van der Waals surface area contributed by atoms with Crippen molar-refractivity contribution in [2.45, 2.75) is 115 Å². The van der Waals surface area contributed by atoms with E-state index in [1.54, 1.807) is 7.05 Å². The quantitative estimate of drug-likeness (QED) is 0.230. The van der Waals surface area contributed by atoms with Crippen LogP contribution in [0, 0.1) is 0 Å². The van der Waals surface area contributed by atoms with Gasteiger partial charge in [-0.05, 0) is 20.3 Å². The average molecular weight is 558 g/mol. The van der Waals surface area contributed by atoms with E-state index in [4.69, 9.17) is 28.4 Å². The minimum absolute atomic E-state index is 0.233. The number of rotatable bonds is 19. The Hall–Kier alpha value is -1.01. The number of ether oxygens (including phenoxy) is 6. The molecular formula is C29H55N3O7. The van der Waals surface area contributed by atoms with Gasteiger partial charge in [0, 0.05) is 46.4 Å². The normalized spacial score (nSPS) is 28.5. The Balaban J connectivity index is 1.44. The van der Waals surface area contributed by atoms with Crippen LogP contribution in [-0.4, -0.2) is 107 Å². The van der Waals surface area contributed by atoms with E-state index in [2.05, 4.69) is 22.5 Å². The Bertz CT molecular complexity index is 692. The maximum absolute atomic E-state index is 12.2. The third-order valence-corrected chi connectivity index (χ3v) is 7.73. The second kappa shape index (κ2) is 17.1. The maximum atomic E-state index is 12.2. The predicted octanol–water partition coefficient (Wildman–Crippen LogP) is 3.82. The van der Waals surface area contributed by atoms with E-state index in [9.17, 15) is 4.79 Å². The van der Waals surface area contributed by atoms with Crippen LogP contribution in [0.2, 0.25) is 0 Å². The molecular weight excluding hydrogens is 502 g/mol. The summed E-state index contributed by atoms with van der Waals surface area (Å²) >= 11 is 0. The highest BCUT2D eigenvalue weighted by atomic mass is 16.9. The highest BCUT2D eigenvalue weighted by molar-refractivity contribution is 5.67. The first-order chi connectivity index (χ1) is 18.9. The average Bonchev–Trinajstić information content (AvgIpc) is 3.34. The van der Waals surface area contributed by atoms with Crippen LogP contribution in [0.15, 0.2) is 0 Å². The maximum Gasteiger partial charge on any atom is 0.407 e. The molecule has 39 heavy (non-hydrogen) atoms. The van der Waals surface area contributed by atoms with E-state index in [1.165, 1.54) is 51.4 Å². The number of nitrogens with zero attached hydrogens (tertiary/aromatic N) is 1. The molecule has 3 aliphatic rings. The molecule has 0 radical (unpaired) electrons. The number of carbonyl (C=O) groups is 1. The van der Waals surface area contributed by atoms with E-state index in [-0.39, 0.29) is 6.61 Å². The number of morpholine rings is 1. The Morgan fingerprint density at radius 1 is 0.974 bits per heavy atom. The van der Waals surface area contributed by atoms with Gasteiger partial charge in [0.1, 0.15) is 12.7 Å². The van der Waals surface area contributed by atoms with Gasteiger partial charge in [0.05, 0.1) is 13.2 Å². The molecule has 0 saturated carbocycles. The molecule has 3 saturated heterocycles. The molecule has 3 aliphatic heterocycles. The molecule has 3 heterocycles. The van der Waals surface area contributed by atoms with Crippen LogP contribution < -0.4 is 10.6 Å². The Morgan fingerprint density at radius 2 is 1.64 bits per heavy atom. The topological polar surface area (TPSA) is 99.8 Å². The van der Waals surface area contributed by atoms with E-state index < -0.39 is 36.0 Å². The molecule has 0 unspecified atom stereocenters. The van der Waals surface area contributed by atoms with Crippen LogP contribution >= 0.6 is 0 Å². The van der Waals surface area contributed by atoms with Gasteiger partial charge in [-0.1, -0.05) is 64.7 Å². The summed E-state index contributed by atoms with van der Waals surface area (Å²) in [5.74, 6) is -1.98. The fourth-order valence-electron chi connectivity index (χ4n) is 5.66. The van der Waals surface area contributed by atoms with Crippen molar-refractivity contribution >= 4 is 6.09 Å². The number of fused-ring (bicyclic) bond motifs is 1. The van der Waals surface area contributed by atoms with E-state index in [0.29, 0.717) is 13.2 Å². The molecule has 0 aromatic heterocycles. The summed E-state index contributed by atoms with van der Waals surface area (Å²) in [6.07, 6.45) is 10.7. The highest BCUT2D eigenvalue weighted by Gasteiger charge is 2.66. The summed E-state index contributed by atoms with van der Waals surface area (Å²) in [5, 5.41) is 6.01. The third kappa shape index (κ3) is 10.7. The number of hydrogen-bond donors (Lipinski definition) is 2. The monoisotopic (exact) mass is 557 g/mol.